The SMILES string of the molecule is CCCC(CS)(CCC)CN1C(=O)CN(C)C1=O. The molecule has 1 heterocycles. The minimum Gasteiger partial charge on any atom is -0.318 e. The summed E-state index contributed by atoms with van der Waals surface area (Å²) in [6.07, 6.45) is 4.11. The lowest BCUT2D eigenvalue weighted by molar-refractivity contribution is -0.126. The quantitative estimate of drug-likeness (QED) is 0.571. The van der Waals surface area contributed by atoms with Crippen LogP contribution < -0.4 is 0 Å². The second-order valence-electron chi connectivity index (χ2n) is 5.28. The van der Waals surface area contributed by atoms with Crippen LogP contribution in [0, 0.1) is 5.41 Å². The van der Waals surface area contributed by atoms with Crippen LogP contribution in [0.5, 0.6) is 0 Å². The van der Waals surface area contributed by atoms with Gasteiger partial charge in [-0.05, 0) is 24.0 Å². The van der Waals surface area contributed by atoms with E-state index in [0.717, 1.165) is 31.4 Å². The van der Waals surface area contributed by atoms with Gasteiger partial charge in [-0.2, -0.15) is 12.6 Å². The molecule has 0 aromatic rings. The maximum atomic E-state index is 11.9. The molecule has 104 valence electrons. The maximum absolute atomic E-state index is 11.9. The fourth-order valence-electron chi connectivity index (χ4n) is 2.71. The smallest absolute Gasteiger partial charge is 0.318 e. The summed E-state index contributed by atoms with van der Waals surface area (Å²) in [5, 5.41) is 0. The van der Waals surface area contributed by atoms with E-state index in [9.17, 15) is 9.59 Å². The van der Waals surface area contributed by atoms with Gasteiger partial charge < -0.3 is 4.90 Å². The van der Waals surface area contributed by atoms with E-state index in [1.165, 1.54) is 9.80 Å². The van der Waals surface area contributed by atoms with Crippen LogP contribution in [0.15, 0.2) is 0 Å². The number of thiol groups is 1. The Labute approximate surface area is 115 Å². The van der Waals surface area contributed by atoms with Crippen LogP contribution in [0.3, 0.4) is 0 Å². The Morgan fingerprint density at radius 3 is 2.11 bits per heavy atom. The second-order valence-corrected chi connectivity index (χ2v) is 5.59. The largest absolute Gasteiger partial charge is 0.326 e. The highest BCUT2D eigenvalue weighted by atomic mass is 32.1. The zero-order valence-corrected chi connectivity index (χ0v) is 12.5. The van der Waals surface area contributed by atoms with Crippen LogP contribution in [-0.2, 0) is 4.79 Å². The molecule has 0 aromatic carbocycles. The molecule has 0 aromatic heterocycles. The number of nitrogens with zero attached hydrogens (tertiary/aromatic N) is 2. The fraction of sp³-hybridized carbons (Fsp3) is 0.846. The third-order valence-corrected chi connectivity index (χ3v) is 4.29. The Kier molecular flexibility index (Phi) is 5.50. The first-order chi connectivity index (χ1) is 8.49. The molecule has 1 saturated heterocycles. The molecule has 4 nitrogen and oxygen atoms in total. The van der Waals surface area contributed by atoms with E-state index >= 15 is 0 Å². The van der Waals surface area contributed by atoms with Gasteiger partial charge in [0.1, 0.15) is 6.54 Å². The van der Waals surface area contributed by atoms with Gasteiger partial charge in [0.05, 0.1) is 0 Å². The standard InChI is InChI=1S/C13H24N2O2S/c1-4-6-13(10-18,7-5-2)9-15-11(16)8-14(3)12(15)17/h18H,4-10H2,1-3H3. The summed E-state index contributed by atoms with van der Waals surface area (Å²) < 4.78 is 0. The first-order valence-corrected chi connectivity index (χ1v) is 7.29. The van der Waals surface area contributed by atoms with Gasteiger partial charge in [0, 0.05) is 13.6 Å². The molecule has 0 saturated carbocycles. The van der Waals surface area contributed by atoms with Gasteiger partial charge in [-0.15, -0.1) is 0 Å². The Hall–Kier alpha value is -0.710. The van der Waals surface area contributed by atoms with Crippen molar-refractivity contribution in [2.45, 2.75) is 39.5 Å². The van der Waals surface area contributed by atoms with Crippen molar-refractivity contribution < 1.29 is 9.59 Å². The van der Waals surface area contributed by atoms with Crippen LogP contribution in [0.1, 0.15) is 39.5 Å². The van der Waals surface area contributed by atoms with Gasteiger partial charge in [-0.25, -0.2) is 4.79 Å². The molecule has 1 rings (SSSR count). The molecule has 0 spiro atoms. The lowest BCUT2D eigenvalue weighted by Crippen LogP contribution is -2.42. The van der Waals surface area contributed by atoms with Crippen molar-refractivity contribution in [1.82, 2.24) is 9.80 Å². The van der Waals surface area contributed by atoms with E-state index in [4.69, 9.17) is 0 Å². The second kappa shape index (κ2) is 6.45. The summed E-state index contributed by atoms with van der Waals surface area (Å²) >= 11 is 4.46. The topological polar surface area (TPSA) is 40.6 Å². The number of carbonyl (C=O) groups excluding carboxylic acids is 2. The number of rotatable bonds is 7. The molecular formula is C13H24N2O2S. The highest BCUT2D eigenvalue weighted by Gasteiger charge is 2.39. The van der Waals surface area contributed by atoms with Crippen LogP contribution >= 0.6 is 12.6 Å². The number of carbonyl (C=O) groups is 2. The summed E-state index contributed by atoms with van der Waals surface area (Å²) in [5.74, 6) is 0.635. The van der Waals surface area contributed by atoms with Crippen molar-refractivity contribution in [3.63, 3.8) is 0 Å². The molecule has 18 heavy (non-hydrogen) atoms. The zero-order chi connectivity index (χ0) is 13.8. The van der Waals surface area contributed by atoms with Crippen LogP contribution in [0.2, 0.25) is 0 Å². The number of hydrogen-bond acceptors (Lipinski definition) is 3. The number of urea groups is 1. The summed E-state index contributed by atoms with van der Waals surface area (Å²) in [6, 6.07) is -0.168. The van der Waals surface area contributed by atoms with Gasteiger partial charge in [0.25, 0.3) is 0 Å². The Balaban J connectivity index is 2.82. The molecule has 0 atom stereocenters. The predicted molar refractivity (Wildman–Crippen MR) is 75.8 cm³/mol. The van der Waals surface area contributed by atoms with E-state index in [1.54, 1.807) is 7.05 Å². The lowest BCUT2D eigenvalue weighted by Gasteiger charge is -2.35. The summed E-state index contributed by atoms with van der Waals surface area (Å²) in [5.41, 5.74) is -0.0247. The molecule has 0 bridgehead atoms. The summed E-state index contributed by atoms with van der Waals surface area (Å²) in [7, 11) is 1.67. The zero-order valence-electron chi connectivity index (χ0n) is 11.6. The molecule has 1 aliphatic heterocycles. The molecule has 0 N–H and O–H groups in total. The molecule has 0 radical (unpaired) electrons. The third kappa shape index (κ3) is 3.19. The van der Waals surface area contributed by atoms with Crippen molar-refractivity contribution in [2.24, 2.45) is 5.41 Å². The predicted octanol–water partition coefficient (Wildman–Crippen LogP) is 2.40. The number of likely N-dealkylation sites (N-methyl/N-ethyl adjacent to an activating group) is 1. The average molecular weight is 272 g/mol. The van der Waals surface area contributed by atoms with Crippen molar-refractivity contribution in [3.8, 4) is 0 Å². The molecule has 5 heteroatoms. The van der Waals surface area contributed by atoms with Gasteiger partial charge in [-0.3, -0.25) is 9.69 Å². The molecule has 1 fully saturated rings. The number of imide groups is 1. The van der Waals surface area contributed by atoms with E-state index in [2.05, 4.69) is 26.5 Å². The Bertz CT molecular complexity index is 314. The minimum absolute atomic E-state index is 0.0247. The Morgan fingerprint density at radius 1 is 1.22 bits per heavy atom. The number of amides is 3. The number of hydrogen-bond donors (Lipinski definition) is 1. The van der Waals surface area contributed by atoms with Gasteiger partial charge in [0.15, 0.2) is 0 Å². The van der Waals surface area contributed by atoms with Crippen LogP contribution in [0.25, 0.3) is 0 Å². The molecule has 1 aliphatic rings. The van der Waals surface area contributed by atoms with E-state index in [1.807, 2.05) is 0 Å². The summed E-state index contributed by atoms with van der Waals surface area (Å²) in [6.45, 7) is 4.99. The van der Waals surface area contributed by atoms with Gasteiger partial charge >= 0.3 is 6.03 Å². The molecule has 3 amide bonds. The molecular weight excluding hydrogens is 248 g/mol. The van der Waals surface area contributed by atoms with Crippen molar-refractivity contribution >= 4 is 24.6 Å². The minimum atomic E-state index is -0.168. The normalized spacial score (nSPS) is 16.9. The molecule has 0 unspecified atom stereocenters. The van der Waals surface area contributed by atoms with Gasteiger partial charge in [-0.1, -0.05) is 26.7 Å². The average Bonchev–Trinajstić information content (AvgIpc) is 2.56. The maximum Gasteiger partial charge on any atom is 0.326 e. The first kappa shape index (κ1) is 15.3. The monoisotopic (exact) mass is 272 g/mol. The van der Waals surface area contributed by atoms with Gasteiger partial charge in [0.2, 0.25) is 5.91 Å². The van der Waals surface area contributed by atoms with E-state index < -0.39 is 0 Å². The lowest BCUT2D eigenvalue weighted by atomic mass is 9.80. The Morgan fingerprint density at radius 2 is 1.78 bits per heavy atom. The van der Waals surface area contributed by atoms with Crippen molar-refractivity contribution in [1.29, 1.82) is 0 Å². The van der Waals surface area contributed by atoms with Crippen molar-refractivity contribution in [3.05, 3.63) is 0 Å². The highest BCUT2D eigenvalue weighted by molar-refractivity contribution is 7.80. The third-order valence-electron chi connectivity index (χ3n) is 3.62. The van der Waals surface area contributed by atoms with E-state index in [-0.39, 0.29) is 23.9 Å². The van der Waals surface area contributed by atoms with Crippen molar-refractivity contribution in [2.75, 3.05) is 25.9 Å². The fourth-order valence-corrected chi connectivity index (χ4v) is 3.13. The molecule has 0 aliphatic carbocycles. The summed E-state index contributed by atoms with van der Waals surface area (Å²) in [4.78, 5) is 26.6. The highest BCUT2D eigenvalue weighted by Crippen LogP contribution is 2.33. The van der Waals surface area contributed by atoms with E-state index in [0.29, 0.717) is 6.54 Å². The van der Waals surface area contributed by atoms with Crippen LogP contribution in [0.4, 0.5) is 4.79 Å². The van der Waals surface area contributed by atoms with Crippen LogP contribution in [-0.4, -0.2) is 47.6 Å². The first-order valence-electron chi connectivity index (χ1n) is 6.66.